The highest BCUT2D eigenvalue weighted by Crippen LogP contribution is 2.22. The van der Waals surface area contributed by atoms with Crippen LogP contribution in [0.4, 0.5) is 0 Å². The third-order valence-corrected chi connectivity index (χ3v) is 2.87. The van der Waals surface area contributed by atoms with Crippen LogP contribution in [-0.2, 0) is 14.3 Å². The summed E-state index contributed by atoms with van der Waals surface area (Å²) in [6.07, 6.45) is 0. The van der Waals surface area contributed by atoms with Crippen molar-refractivity contribution in [2.75, 3.05) is 27.4 Å². The Morgan fingerprint density at radius 1 is 1.44 bits per heavy atom. The maximum absolute atomic E-state index is 11.8. The highest BCUT2D eigenvalue weighted by Gasteiger charge is 2.22. The first-order chi connectivity index (χ1) is 8.60. The lowest BCUT2D eigenvalue weighted by atomic mass is 10.0. The average molecular weight is 272 g/mol. The Balaban J connectivity index is 2.90. The number of methoxy groups -OCH3 is 2. The smallest absolute Gasteiger partial charge is 0.327 e. The van der Waals surface area contributed by atoms with Gasteiger partial charge in [0.25, 0.3) is 0 Å². The monoisotopic (exact) mass is 271 g/mol. The van der Waals surface area contributed by atoms with Crippen molar-refractivity contribution in [1.29, 1.82) is 0 Å². The molecule has 0 aromatic heterocycles. The number of halogens is 1. The van der Waals surface area contributed by atoms with Gasteiger partial charge in [0.1, 0.15) is 6.04 Å². The number of rotatable bonds is 6. The molecule has 0 radical (unpaired) electrons. The van der Waals surface area contributed by atoms with Crippen molar-refractivity contribution in [2.45, 2.75) is 13.0 Å². The minimum Gasteiger partial charge on any atom is -0.468 e. The molecular weight excluding hydrogens is 254 g/mol. The van der Waals surface area contributed by atoms with Crippen molar-refractivity contribution >= 4 is 17.6 Å². The summed E-state index contributed by atoms with van der Waals surface area (Å²) in [5.74, 6) is -0.323. The van der Waals surface area contributed by atoms with Crippen LogP contribution in [0, 0.1) is 6.92 Å². The predicted molar refractivity (Wildman–Crippen MR) is 70.8 cm³/mol. The highest BCUT2D eigenvalue weighted by molar-refractivity contribution is 6.30. The third kappa shape index (κ3) is 3.98. The standard InChI is InChI=1S/C13H18ClNO3/c1-9-8-10(14)4-5-11(9)12(13(16)18-3)15-6-7-17-2/h4-5,8,12,15H,6-7H2,1-3H3. The molecule has 0 bridgehead atoms. The number of esters is 1. The van der Waals surface area contributed by atoms with Crippen LogP contribution in [0.15, 0.2) is 18.2 Å². The van der Waals surface area contributed by atoms with Crippen molar-refractivity contribution in [2.24, 2.45) is 0 Å². The number of carbonyl (C=O) groups excluding carboxylic acids is 1. The van der Waals surface area contributed by atoms with E-state index in [0.717, 1.165) is 11.1 Å². The zero-order valence-electron chi connectivity index (χ0n) is 10.8. The lowest BCUT2D eigenvalue weighted by molar-refractivity contribution is -0.143. The molecule has 0 amide bonds. The molecule has 1 rings (SSSR count). The number of hydrogen-bond acceptors (Lipinski definition) is 4. The number of benzene rings is 1. The van der Waals surface area contributed by atoms with Crippen LogP contribution < -0.4 is 5.32 Å². The van der Waals surface area contributed by atoms with Crippen LogP contribution in [0.1, 0.15) is 17.2 Å². The number of nitrogens with one attached hydrogen (secondary N) is 1. The topological polar surface area (TPSA) is 47.6 Å². The van der Waals surface area contributed by atoms with E-state index in [1.807, 2.05) is 19.1 Å². The lowest BCUT2D eigenvalue weighted by Gasteiger charge is -2.18. The van der Waals surface area contributed by atoms with Crippen molar-refractivity contribution in [1.82, 2.24) is 5.32 Å². The molecule has 1 unspecified atom stereocenters. The molecule has 0 aliphatic heterocycles. The zero-order chi connectivity index (χ0) is 13.5. The normalized spacial score (nSPS) is 12.2. The molecule has 1 N–H and O–H groups in total. The number of ether oxygens (including phenoxy) is 2. The maximum atomic E-state index is 11.8. The van der Waals surface area contributed by atoms with Gasteiger partial charge < -0.3 is 9.47 Å². The molecule has 0 spiro atoms. The molecule has 0 heterocycles. The fourth-order valence-corrected chi connectivity index (χ4v) is 1.93. The van der Waals surface area contributed by atoms with Gasteiger partial charge in [-0.3, -0.25) is 5.32 Å². The van der Waals surface area contributed by atoms with Crippen LogP contribution in [0.5, 0.6) is 0 Å². The molecule has 4 nitrogen and oxygen atoms in total. The van der Waals surface area contributed by atoms with Gasteiger partial charge in [0, 0.05) is 18.7 Å². The van der Waals surface area contributed by atoms with Crippen molar-refractivity contribution in [3.05, 3.63) is 34.3 Å². The summed E-state index contributed by atoms with van der Waals surface area (Å²) in [7, 11) is 2.99. The van der Waals surface area contributed by atoms with Crippen LogP contribution in [0.25, 0.3) is 0 Å². The molecular formula is C13H18ClNO3. The summed E-state index contributed by atoms with van der Waals surface area (Å²) in [6, 6.07) is 4.92. The molecule has 1 aromatic carbocycles. The first-order valence-electron chi connectivity index (χ1n) is 5.66. The Kier molecular flexibility index (Phi) is 6.12. The van der Waals surface area contributed by atoms with E-state index in [0.29, 0.717) is 18.2 Å². The quantitative estimate of drug-likeness (QED) is 0.636. The van der Waals surface area contributed by atoms with Gasteiger partial charge in [-0.2, -0.15) is 0 Å². The minimum atomic E-state index is -0.498. The molecule has 0 fully saturated rings. The second kappa shape index (κ2) is 7.36. The fraction of sp³-hybridized carbons (Fsp3) is 0.462. The molecule has 0 saturated heterocycles. The van der Waals surface area contributed by atoms with Crippen molar-refractivity contribution in [3.8, 4) is 0 Å². The van der Waals surface area contributed by atoms with Crippen molar-refractivity contribution < 1.29 is 14.3 Å². The van der Waals surface area contributed by atoms with E-state index in [9.17, 15) is 4.79 Å². The minimum absolute atomic E-state index is 0.323. The second-order valence-corrected chi connectivity index (χ2v) is 4.34. The summed E-state index contributed by atoms with van der Waals surface area (Å²) < 4.78 is 9.76. The molecule has 1 aromatic rings. The van der Waals surface area contributed by atoms with Gasteiger partial charge in [-0.05, 0) is 30.2 Å². The summed E-state index contributed by atoms with van der Waals surface area (Å²) in [5, 5.41) is 3.76. The van der Waals surface area contributed by atoms with Crippen molar-refractivity contribution in [3.63, 3.8) is 0 Å². The maximum Gasteiger partial charge on any atom is 0.327 e. The van der Waals surface area contributed by atoms with E-state index in [4.69, 9.17) is 21.1 Å². The summed E-state index contributed by atoms with van der Waals surface area (Å²) in [6.45, 7) is 3.01. The van der Waals surface area contributed by atoms with Gasteiger partial charge in [-0.25, -0.2) is 4.79 Å². The molecule has 0 saturated carbocycles. The summed E-state index contributed by atoms with van der Waals surface area (Å²) in [5.41, 5.74) is 1.81. The number of aryl methyl sites for hydroxylation is 1. The van der Waals surface area contributed by atoms with Gasteiger partial charge in [-0.15, -0.1) is 0 Å². The van der Waals surface area contributed by atoms with E-state index in [-0.39, 0.29) is 5.97 Å². The second-order valence-electron chi connectivity index (χ2n) is 3.90. The lowest BCUT2D eigenvalue weighted by Crippen LogP contribution is -2.32. The van der Waals surface area contributed by atoms with Crippen LogP contribution in [0.2, 0.25) is 5.02 Å². The van der Waals surface area contributed by atoms with Gasteiger partial charge in [0.05, 0.1) is 13.7 Å². The molecule has 100 valence electrons. The van der Waals surface area contributed by atoms with E-state index >= 15 is 0 Å². The highest BCUT2D eigenvalue weighted by atomic mass is 35.5. The first-order valence-corrected chi connectivity index (χ1v) is 6.04. The number of carbonyl (C=O) groups is 1. The van der Waals surface area contributed by atoms with Crippen LogP contribution >= 0.6 is 11.6 Å². The van der Waals surface area contributed by atoms with E-state index < -0.39 is 6.04 Å². The Morgan fingerprint density at radius 3 is 2.72 bits per heavy atom. The Bertz CT molecular complexity index is 409. The SMILES string of the molecule is COCCNC(C(=O)OC)c1ccc(Cl)cc1C. The van der Waals surface area contributed by atoms with Gasteiger partial charge in [0.15, 0.2) is 0 Å². The van der Waals surface area contributed by atoms with E-state index in [2.05, 4.69) is 5.32 Å². The molecule has 18 heavy (non-hydrogen) atoms. The van der Waals surface area contributed by atoms with Gasteiger partial charge in [-0.1, -0.05) is 17.7 Å². The van der Waals surface area contributed by atoms with Gasteiger partial charge >= 0.3 is 5.97 Å². The van der Waals surface area contributed by atoms with Gasteiger partial charge in [0.2, 0.25) is 0 Å². The number of hydrogen-bond donors (Lipinski definition) is 1. The Morgan fingerprint density at radius 2 is 2.17 bits per heavy atom. The molecule has 0 aliphatic rings. The Hall–Kier alpha value is -1.10. The first kappa shape index (κ1) is 15.0. The summed E-state index contributed by atoms with van der Waals surface area (Å²) >= 11 is 5.91. The van der Waals surface area contributed by atoms with Crippen LogP contribution in [0.3, 0.4) is 0 Å². The summed E-state index contributed by atoms with van der Waals surface area (Å²) in [4.78, 5) is 11.8. The van der Waals surface area contributed by atoms with E-state index in [1.165, 1.54) is 7.11 Å². The largest absolute Gasteiger partial charge is 0.468 e. The molecule has 1 atom stereocenters. The zero-order valence-corrected chi connectivity index (χ0v) is 11.6. The van der Waals surface area contributed by atoms with E-state index in [1.54, 1.807) is 13.2 Å². The fourth-order valence-electron chi connectivity index (χ4n) is 1.71. The molecule has 0 aliphatic carbocycles. The Labute approximate surface area is 112 Å². The molecule has 5 heteroatoms. The third-order valence-electron chi connectivity index (χ3n) is 2.63. The average Bonchev–Trinajstić information content (AvgIpc) is 2.35. The predicted octanol–water partition coefficient (Wildman–Crippen LogP) is 2.10. The van der Waals surface area contributed by atoms with Crippen LogP contribution in [-0.4, -0.2) is 33.3 Å².